The number of hydrogen-bond acceptors (Lipinski definition) is 0. The fraction of sp³-hybridized carbons (Fsp3) is 0. The molecule has 0 heterocycles. The van der Waals surface area contributed by atoms with E-state index in [0.29, 0.717) is 0 Å². The zero-order valence-corrected chi connectivity index (χ0v) is 17.3. The Bertz CT molecular complexity index is 67.1. The van der Waals surface area contributed by atoms with Crippen molar-refractivity contribution in [1.29, 1.82) is 0 Å². The molecule has 0 aromatic carbocycles. The molecule has 4 nitrogen and oxygen atoms in total. The van der Waals surface area contributed by atoms with Crippen molar-refractivity contribution in [3.05, 3.63) is 26.6 Å². The SMILES string of the molecule is [C-]#[O+].[C-]#[O+].[C-]#[O+].[C-]#[O+].[Cr].[Na+].[Na+].[Na+].[Na+]. The molecule has 0 aromatic heterocycles. The molecule has 0 aliphatic rings. The molecule has 0 atom stereocenters. The molecule has 0 radical (unpaired) electrons. The van der Waals surface area contributed by atoms with E-state index in [1.807, 2.05) is 0 Å². The van der Waals surface area contributed by atoms with Crippen molar-refractivity contribution in [3.8, 4) is 0 Å². The van der Waals surface area contributed by atoms with Gasteiger partial charge in [0.25, 0.3) is 0 Å². The standard InChI is InChI=1S/4CO.Cr.4Na/c4*1-2;;;;;/q;;;;;4*+1. The van der Waals surface area contributed by atoms with Crippen molar-refractivity contribution in [3.63, 3.8) is 0 Å². The second-order valence-corrected chi connectivity index (χ2v) is 0. The van der Waals surface area contributed by atoms with Crippen molar-refractivity contribution >= 4 is 0 Å². The molecule has 13 heavy (non-hydrogen) atoms. The maximum Gasteiger partial charge on any atom is 1.00 e. The monoisotopic (exact) mass is 256 g/mol. The van der Waals surface area contributed by atoms with E-state index in [0.717, 1.165) is 0 Å². The molecule has 46 valence electrons. The van der Waals surface area contributed by atoms with Gasteiger partial charge in [-0.3, -0.25) is 0 Å². The van der Waals surface area contributed by atoms with E-state index in [4.69, 9.17) is 18.6 Å². The van der Waals surface area contributed by atoms with Gasteiger partial charge in [0.15, 0.2) is 0 Å². The van der Waals surface area contributed by atoms with Gasteiger partial charge in [0, 0.05) is 17.4 Å². The first-order valence-corrected chi connectivity index (χ1v) is 0.816. The summed E-state index contributed by atoms with van der Waals surface area (Å²) >= 11 is 0. The van der Waals surface area contributed by atoms with Crippen LogP contribution in [0.4, 0.5) is 0 Å². The molecule has 0 spiro atoms. The summed E-state index contributed by atoms with van der Waals surface area (Å²) < 4.78 is 30.0. The Labute approximate surface area is 177 Å². The fourth-order valence-electron chi connectivity index (χ4n) is 0. The molecule has 0 saturated carbocycles. The third-order valence-corrected chi connectivity index (χ3v) is 0. The molecule has 0 aliphatic heterocycles. The zero-order chi connectivity index (χ0) is 8.00. The van der Waals surface area contributed by atoms with Crippen LogP contribution in [0.2, 0.25) is 0 Å². The van der Waals surface area contributed by atoms with Crippen LogP contribution in [0.3, 0.4) is 0 Å². The smallest absolute Gasteiger partial charge is 0 e. The Morgan fingerprint density at radius 1 is 0.385 bits per heavy atom. The zero-order valence-electron chi connectivity index (χ0n) is 8.04. The summed E-state index contributed by atoms with van der Waals surface area (Å²) in [5.41, 5.74) is 0. The molecular weight excluding hydrogens is 256 g/mol. The normalized spacial score (nSPS) is 0.615. The van der Waals surface area contributed by atoms with Crippen LogP contribution in [0, 0.1) is 26.6 Å². The Balaban J connectivity index is -0.00000000208. The summed E-state index contributed by atoms with van der Waals surface area (Å²) in [4.78, 5) is 0. The van der Waals surface area contributed by atoms with Gasteiger partial charge < -0.3 is 0 Å². The van der Waals surface area contributed by atoms with Crippen LogP contribution in [0.5, 0.6) is 0 Å². The van der Waals surface area contributed by atoms with Crippen LogP contribution >= 0.6 is 0 Å². The van der Waals surface area contributed by atoms with Crippen molar-refractivity contribution < 1.29 is 154 Å². The molecule has 0 aliphatic carbocycles. The molecule has 0 N–H and O–H groups in total. The minimum Gasteiger partial charge on any atom is 0 e. The van der Waals surface area contributed by atoms with E-state index in [1.165, 1.54) is 0 Å². The summed E-state index contributed by atoms with van der Waals surface area (Å²) in [6.07, 6.45) is 0. The summed E-state index contributed by atoms with van der Waals surface area (Å²) in [5.74, 6) is 0. The minimum absolute atomic E-state index is 0. The molecule has 0 fully saturated rings. The van der Waals surface area contributed by atoms with E-state index in [9.17, 15) is 0 Å². The van der Waals surface area contributed by atoms with Crippen molar-refractivity contribution in [1.82, 2.24) is 0 Å². The van der Waals surface area contributed by atoms with Crippen molar-refractivity contribution in [2.24, 2.45) is 0 Å². The van der Waals surface area contributed by atoms with E-state index < -0.39 is 0 Å². The third kappa shape index (κ3) is 231. The first-order chi connectivity index (χ1) is 4.00. The van der Waals surface area contributed by atoms with Crippen LogP contribution < -0.4 is 118 Å². The maximum absolute atomic E-state index is 7.50. The van der Waals surface area contributed by atoms with Crippen molar-refractivity contribution in [2.75, 3.05) is 0 Å². The second-order valence-electron chi connectivity index (χ2n) is 0. The average Bonchev–Trinajstić information content (AvgIpc) is 2.03. The van der Waals surface area contributed by atoms with Gasteiger partial charge in [-0.15, -0.1) is 0 Å². The fourth-order valence-corrected chi connectivity index (χ4v) is 0. The second kappa shape index (κ2) is 267. The van der Waals surface area contributed by atoms with Crippen LogP contribution in [-0.4, -0.2) is 0 Å². The van der Waals surface area contributed by atoms with Gasteiger partial charge in [-0.1, -0.05) is 0 Å². The van der Waals surface area contributed by atoms with Crippen molar-refractivity contribution in [2.45, 2.75) is 0 Å². The topological polar surface area (TPSA) is 79.6 Å². The Hall–Kier alpha value is 3.49. The summed E-state index contributed by atoms with van der Waals surface area (Å²) in [5, 5.41) is 0. The quantitative estimate of drug-likeness (QED) is 0.234. The van der Waals surface area contributed by atoms with Crippen LogP contribution in [-0.2, 0) is 36.0 Å². The van der Waals surface area contributed by atoms with Crippen LogP contribution in [0.25, 0.3) is 0 Å². The predicted octanol–water partition coefficient (Wildman–Crippen LogP) is -12.1. The maximum atomic E-state index is 7.50. The van der Waals surface area contributed by atoms with E-state index in [-0.39, 0.29) is 136 Å². The molecule has 0 unspecified atom stereocenters. The molecular formula is C4CrNa4O4+4. The number of rotatable bonds is 0. The van der Waals surface area contributed by atoms with Gasteiger partial charge >= 0.3 is 163 Å². The van der Waals surface area contributed by atoms with E-state index in [1.54, 1.807) is 0 Å². The average molecular weight is 256 g/mol. The first-order valence-electron chi connectivity index (χ1n) is 0.816. The van der Waals surface area contributed by atoms with Gasteiger partial charge in [-0.2, -0.15) is 0 Å². The van der Waals surface area contributed by atoms with Crippen LogP contribution in [0.15, 0.2) is 0 Å². The summed E-state index contributed by atoms with van der Waals surface area (Å²) in [7, 11) is 0. The van der Waals surface area contributed by atoms with E-state index >= 15 is 0 Å². The Kier molecular flexibility index (Phi) is 1450. The Morgan fingerprint density at radius 2 is 0.385 bits per heavy atom. The molecule has 0 rings (SSSR count). The Morgan fingerprint density at radius 3 is 0.385 bits per heavy atom. The molecule has 0 bridgehead atoms. The largest absolute Gasteiger partial charge is 1.00 e. The summed E-state index contributed by atoms with van der Waals surface area (Å²) in [6.45, 7) is 18.0. The van der Waals surface area contributed by atoms with Crippen LogP contribution in [0.1, 0.15) is 0 Å². The molecule has 0 saturated heterocycles. The first kappa shape index (κ1) is 70.5. The molecule has 9 heteroatoms. The van der Waals surface area contributed by atoms with Gasteiger partial charge in [0.2, 0.25) is 0 Å². The molecule has 0 amide bonds. The van der Waals surface area contributed by atoms with E-state index in [2.05, 4.69) is 26.6 Å². The number of hydrogen-bond donors (Lipinski definition) is 0. The molecule has 0 aromatic rings. The van der Waals surface area contributed by atoms with Gasteiger partial charge in [-0.05, 0) is 0 Å². The summed E-state index contributed by atoms with van der Waals surface area (Å²) in [6, 6.07) is 0. The van der Waals surface area contributed by atoms with Gasteiger partial charge in [-0.25, -0.2) is 0 Å². The third-order valence-electron chi connectivity index (χ3n) is 0. The minimum atomic E-state index is 0. The predicted molar refractivity (Wildman–Crippen MR) is 15.7 cm³/mol. The van der Waals surface area contributed by atoms with Gasteiger partial charge in [0.1, 0.15) is 0 Å². The van der Waals surface area contributed by atoms with Gasteiger partial charge in [0.05, 0.1) is 0 Å².